The van der Waals surface area contributed by atoms with E-state index in [1.165, 1.54) is 11.1 Å². The lowest BCUT2D eigenvalue weighted by Gasteiger charge is -2.19. The summed E-state index contributed by atoms with van der Waals surface area (Å²) in [4.78, 5) is 12.6. The van der Waals surface area contributed by atoms with Crippen LogP contribution in [0.2, 0.25) is 0 Å². The van der Waals surface area contributed by atoms with Gasteiger partial charge < -0.3 is 5.32 Å². The predicted molar refractivity (Wildman–Crippen MR) is 91.6 cm³/mol. The van der Waals surface area contributed by atoms with Gasteiger partial charge in [0.1, 0.15) is 0 Å². The zero-order valence-corrected chi connectivity index (χ0v) is 13.6. The van der Waals surface area contributed by atoms with Gasteiger partial charge in [-0.1, -0.05) is 59.7 Å². The molecule has 0 saturated carbocycles. The Labute approximate surface area is 137 Å². The van der Waals surface area contributed by atoms with Crippen LogP contribution in [0.15, 0.2) is 48.5 Å². The fourth-order valence-electron chi connectivity index (χ4n) is 2.95. The van der Waals surface area contributed by atoms with E-state index in [4.69, 9.17) is 0 Å². The third-order valence-electron chi connectivity index (χ3n) is 4.31. The van der Waals surface area contributed by atoms with Crippen LogP contribution in [0.5, 0.6) is 0 Å². The van der Waals surface area contributed by atoms with Crippen LogP contribution in [0.1, 0.15) is 28.3 Å². The Morgan fingerprint density at radius 2 is 1.91 bits per heavy atom. The van der Waals surface area contributed by atoms with Crippen LogP contribution in [0.25, 0.3) is 0 Å². The first-order valence-electron chi connectivity index (χ1n) is 8.02. The van der Waals surface area contributed by atoms with E-state index in [2.05, 4.69) is 72.5 Å². The van der Waals surface area contributed by atoms with E-state index >= 15 is 0 Å². The molecular weight excluding hydrogens is 286 g/mol. The van der Waals surface area contributed by atoms with Crippen molar-refractivity contribution in [3.63, 3.8) is 0 Å². The minimum absolute atomic E-state index is 0.00733. The Morgan fingerprint density at radius 3 is 2.65 bits per heavy atom. The zero-order valence-electron chi connectivity index (χ0n) is 13.6. The van der Waals surface area contributed by atoms with Crippen LogP contribution in [-0.2, 0) is 11.3 Å². The molecule has 0 aromatic heterocycles. The molecule has 0 spiro atoms. The Kier molecular flexibility index (Phi) is 4.74. The maximum absolute atomic E-state index is 12.6. The summed E-state index contributed by atoms with van der Waals surface area (Å²) in [6, 6.07) is 16.5. The molecule has 0 radical (unpaired) electrons. The molecule has 4 nitrogen and oxygen atoms in total. The van der Waals surface area contributed by atoms with Crippen molar-refractivity contribution in [2.75, 3.05) is 6.54 Å². The highest BCUT2D eigenvalue weighted by Crippen LogP contribution is 2.25. The van der Waals surface area contributed by atoms with Gasteiger partial charge in [0.05, 0.1) is 12.0 Å². The SMILES string of the molecule is Cc1ccc(CNC(=O)C2CNNC2c2cccc(C)c2)cc1. The fraction of sp³-hybridized carbons (Fsp3) is 0.316. The molecule has 23 heavy (non-hydrogen) atoms. The highest BCUT2D eigenvalue weighted by Gasteiger charge is 2.33. The highest BCUT2D eigenvalue weighted by molar-refractivity contribution is 5.80. The van der Waals surface area contributed by atoms with E-state index < -0.39 is 0 Å². The molecule has 0 aliphatic carbocycles. The molecule has 1 heterocycles. The predicted octanol–water partition coefficient (Wildman–Crippen LogP) is 2.38. The second kappa shape index (κ2) is 6.94. The maximum Gasteiger partial charge on any atom is 0.226 e. The summed E-state index contributed by atoms with van der Waals surface area (Å²) in [5.41, 5.74) is 11.0. The molecule has 3 rings (SSSR count). The molecule has 1 aliphatic heterocycles. The monoisotopic (exact) mass is 309 g/mol. The van der Waals surface area contributed by atoms with Crippen molar-refractivity contribution in [2.45, 2.75) is 26.4 Å². The van der Waals surface area contributed by atoms with Crippen molar-refractivity contribution in [1.82, 2.24) is 16.2 Å². The summed E-state index contributed by atoms with van der Waals surface area (Å²) in [5.74, 6) is -0.0307. The number of hydrogen-bond acceptors (Lipinski definition) is 3. The third kappa shape index (κ3) is 3.78. The van der Waals surface area contributed by atoms with Gasteiger partial charge in [-0.25, -0.2) is 5.43 Å². The second-order valence-electron chi connectivity index (χ2n) is 6.23. The van der Waals surface area contributed by atoms with E-state index in [0.717, 1.165) is 11.1 Å². The van der Waals surface area contributed by atoms with Crippen molar-refractivity contribution in [3.05, 3.63) is 70.8 Å². The van der Waals surface area contributed by atoms with Gasteiger partial charge in [-0.2, -0.15) is 0 Å². The van der Waals surface area contributed by atoms with Crippen molar-refractivity contribution in [2.24, 2.45) is 5.92 Å². The fourth-order valence-corrected chi connectivity index (χ4v) is 2.95. The largest absolute Gasteiger partial charge is 0.352 e. The molecule has 0 bridgehead atoms. The van der Waals surface area contributed by atoms with E-state index in [1.807, 2.05) is 6.07 Å². The minimum Gasteiger partial charge on any atom is -0.352 e. The third-order valence-corrected chi connectivity index (χ3v) is 4.31. The van der Waals surface area contributed by atoms with Gasteiger partial charge in [-0.3, -0.25) is 10.2 Å². The molecule has 2 unspecified atom stereocenters. The second-order valence-corrected chi connectivity index (χ2v) is 6.23. The number of hydrogen-bond donors (Lipinski definition) is 3. The van der Waals surface area contributed by atoms with Crippen LogP contribution in [0.4, 0.5) is 0 Å². The smallest absolute Gasteiger partial charge is 0.226 e. The van der Waals surface area contributed by atoms with Crippen LogP contribution in [0.3, 0.4) is 0 Å². The van der Waals surface area contributed by atoms with Gasteiger partial charge in [0.15, 0.2) is 0 Å². The Balaban J connectivity index is 1.65. The Bertz CT molecular complexity index is 681. The van der Waals surface area contributed by atoms with E-state index in [-0.39, 0.29) is 17.9 Å². The first kappa shape index (κ1) is 15.7. The standard InChI is InChI=1S/C19H23N3O/c1-13-6-8-15(9-7-13)11-20-19(23)17-12-21-22-18(17)16-5-3-4-14(2)10-16/h3-10,17-18,21-22H,11-12H2,1-2H3,(H,20,23). The van der Waals surface area contributed by atoms with Gasteiger partial charge in [0.2, 0.25) is 5.91 Å². The molecule has 120 valence electrons. The van der Waals surface area contributed by atoms with Crippen molar-refractivity contribution >= 4 is 5.91 Å². The van der Waals surface area contributed by atoms with Gasteiger partial charge in [0, 0.05) is 13.1 Å². The summed E-state index contributed by atoms with van der Waals surface area (Å²) in [7, 11) is 0. The van der Waals surface area contributed by atoms with Crippen LogP contribution in [-0.4, -0.2) is 12.5 Å². The minimum atomic E-state index is -0.109. The summed E-state index contributed by atoms with van der Waals surface area (Å²) >= 11 is 0. The van der Waals surface area contributed by atoms with Gasteiger partial charge >= 0.3 is 0 Å². The quantitative estimate of drug-likeness (QED) is 0.813. The average molecular weight is 309 g/mol. The first-order chi connectivity index (χ1) is 11.1. The summed E-state index contributed by atoms with van der Waals surface area (Å²) in [5, 5.41) is 3.06. The number of benzene rings is 2. The van der Waals surface area contributed by atoms with Crippen LogP contribution >= 0.6 is 0 Å². The van der Waals surface area contributed by atoms with E-state index in [1.54, 1.807) is 0 Å². The first-order valence-corrected chi connectivity index (χ1v) is 8.02. The molecule has 4 heteroatoms. The van der Waals surface area contributed by atoms with Gasteiger partial charge in [0.25, 0.3) is 0 Å². The Morgan fingerprint density at radius 1 is 1.13 bits per heavy atom. The number of rotatable bonds is 4. The lowest BCUT2D eigenvalue weighted by Crippen LogP contribution is -2.34. The maximum atomic E-state index is 12.6. The normalized spacial score (nSPS) is 20.4. The lowest BCUT2D eigenvalue weighted by atomic mass is 9.93. The van der Waals surface area contributed by atoms with Crippen LogP contribution in [0, 0.1) is 19.8 Å². The Hall–Kier alpha value is -2.17. The summed E-state index contributed by atoms with van der Waals surface area (Å²) in [6.07, 6.45) is 0. The molecule has 1 fully saturated rings. The van der Waals surface area contributed by atoms with Crippen molar-refractivity contribution in [1.29, 1.82) is 0 Å². The molecule has 1 amide bonds. The highest BCUT2D eigenvalue weighted by atomic mass is 16.2. The van der Waals surface area contributed by atoms with Gasteiger partial charge in [-0.05, 0) is 25.0 Å². The average Bonchev–Trinajstić information content (AvgIpc) is 3.04. The number of amides is 1. The van der Waals surface area contributed by atoms with Crippen molar-refractivity contribution in [3.8, 4) is 0 Å². The molecule has 1 aliphatic rings. The van der Waals surface area contributed by atoms with Crippen molar-refractivity contribution < 1.29 is 4.79 Å². The summed E-state index contributed by atoms with van der Waals surface area (Å²) in [6.45, 7) is 5.33. The molecule has 1 saturated heterocycles. The topological polar surface area (TPSA) is 53.2 Å². The van der Waals surface area contributed by atoms with Gasteiger partial charge in [-0.15, -0.1) is 0 Å². The van der Waals surface area contributed by atoms with E-state index in [0.29, 0.717) is 13.1 Å². The number of aryl methyl sites for hydroxylation is 2. The number of carbonyl (C=O) groups is 1. The molecule has 2 aromatic carbocycles. The molecular formula is C19H23N3O. The lowest BCUT2D eigenvalue weighted by molar-refractivity contribution is -0.125. The number of carbonyl (C=O) groups excluding carboxylic acids is 1. The molecule has 3 N–H and O–H groups in total. The van der Waals surface area contributed by atoms with E-state index in [9.17, 15) is 4.79 Å². The molecule has 2 atom stereocenters. The summed E-state index contributed by atoms with van der Waals surface area (Å²) < 4.78 is 0. The van der Waals surface area contributed by atoms with Crippen LogP contribution < -0.4 is 16.2 Å². The zero-order chi connectivity index (χ0) is 16.2. The molecule has 2 aromatic rings. The number of nitrogens with one attached hydrogen (secondary N) is 3. The number of hydrazine groups is 1.